The number of fused-ring (bicyclic) bond motifs is 1. The summed E-state index contributed by atoms with van der Waals surface area (Å²) in [5.41, 5.74) is 7.32. The molecular weight excluding hydrogens is 291 g/mol. The van der Waals surface area contributed by atoms with Crippen LogP contribution in [-0.2, 0) is 6.54 Å². The largest absolute Gasteiger partial charge is 0.456 e. The van der Waals surface area contributed by atoms with Gasteiger partial charge in [0, 0.05) is 29.8 Å². The lowest BCUT2D eigenvalue weighted by atomic mass is 10.1. The van der Waals surface area contributed by atoms with Crippen LogP contribution in [0, 0.1) is 5.82 Å². The van der Waals surface area contributed by atoms with Gasteiger partial charge in [-0.15, -0.1) is 0 Å². The number of hydrogen-bond donors (Lipinski definition) is 1. The average molecular weight is 303 g/mol. The highest BCUT2D eigenvalue weighted by Gasteiger charge is 2.11. The Kier molecular flexibility index (Phi) is 3.73. The number of nitrogens with zero attached hydrogens (tertiary/aromatic N) is 1. The molecule has 0 fully saturated rings. The summed E-state index contributed by atoms with van der Waals surface area (Å²) in [5, 5.41) is 0.862. The molecule has 0 aliphatic carbocycles. The summed E-state index contributed by atoms with van der Waals surface area (Å²) in [7, 11) is 0. The number of aromatic nitrogens is 1. The van der Waals surface area contributed by atoms with Crippen molar-refractivity contribution in [2.75, 3.05) is 0 Å². The van der Waals surface area contributed by atoms with E-state index < -0.39 is 5.82 Å². The fourth-order valence-electron chi connectivity index (χ4n) is 2.08. The van der Waals surface area contributed by atoms with E-state index in [0.29, 0.717) is 18.0 Å². The third-order valence-electron chi connectivity index (χ3n) is 3.13. The Hall–Kier alpha value is -2.17. The van der Waals surface area contributed by atoms with Gasteiger partial charge in [-0.1, -0.05) is 23.7 Å². The Morgan fingerprint density at radius 2 is 2.00 bits per heavy atom. The first-order valence-electron chi connectivity index (χ1n) is 6.38. The highest BCUT2D eigenvalue weighted by Crippen LogP contribution is 2.33. The molecule has 0 amide bonds. The molecule has 0 spiro atoms. The second kappa shape index (κ2) is 5.68. The molecule has 2 N–H and O–H groups in total. The molecule has 21 heavy (non-hydrogen) atoms. The minimum atomic E-state index is -0.484. The molecule has 0 aliphatic rings. The van der Waals surface area contributed by atoms with Crippen LogP contribution < -0.4 is 10.5 Å². The number of benzene rings is 2. The summed E-state index contributed by atoms with van der Waals surface area (Å²) in [6, 6.07) is 11.8. The maximum Gasteiger partial charge on any atom is 0.142 e. The summed E-state index contributed by atoms with van der Waals surface area (Å²) in [5.74, 6) is 0.584. The normalized spacial score (nSPS) is 10.8. The molecule has 1 aromatic heterocycles. The van der Waals surface area contributed by atoms with E-state index in [2.05, 4.69) is 4.98 Å². The predicted molar refractivity (Wildman–Crippen MR) is 81.1 cm³/mol. The van der Waals surface area contributed by atoms with Gasteiger partial charge in [0.25, 0.3) is 0 Å². The average Bonchev–Trinajstić information content (AvgIpc) is 2.51. The van der Waals surface area contributed by atoms with Gasteiger partial charge in [0.15, 0.2) is 0 Å². The summed E-state index contributed by atoms with van der Waals surface area (Å²) in [4.78, 5) is 4.34. The van der Waals surface area contributed by atoms with Crippen LogP contribution in [0.5, 0.6) is 11.5 Å². The lowest BCUT2D eigenvalue weighted by Gasteiger charge is -2.13. The first kappa shape index (κ1) is 13.8. The van der Waals surface area contributed by atoms with Crippen molar-refractivity contribution in [3.63, 3.8) is 0 Å². The van der Waals surface area contributed by atoms with Gasteiger partial charge in [-0.05, 0) is 24.3 Å². The van der Waals surface area contributed by atoms with E-state index in [9.17, 15) is 4.39 Å². The monoisotopic (exact) mass is 302 g/mol. The van der Waals surface area contributed by atoms with Crippen molar-refractivity contribution in [1.29, 1.82) is 0 Å². The van der Waals surface area contributed by atoms with E-state index >= 15 is 0 Å². The van der Waals surface area contributed by atoms with Crippen molar-refractivity contribution >= 4 is 22.5 Å². The van der Waals surface area contributed by atoms with E-state index in [4.69, 9.17) is 22.1 Å². The van der Waals surface area contributed by atoms with E-state index in [1.165, 1.54) is 18.2 Å². The highest BCUT2D eigenvalue weighted by molar-refractivity contribution is 6.30. The third-order valence-corrected chi connectivity index (χ3v) is 3.42. The summed E-state index contributed by atoms with van der Waals surface area (Å²) in [6.45, 7) is 0.294. The number of rotatable bonds is 3. The minimum absolute atomic E-state index is 0.0140. The van der Waals surface area contributed by atoms with Gasteiger partial charge >= 0.3 is 0 Å². The van der Waals surface area contributed by atoms with Crippen molar-refractivity contribution in [3.8, 4) is 11.5 Å². The van der Waals surface area contributed by atoms with Crippen molar-refractivity contribution in [2.24, 2.45) is 5.73 Å². The van der Waals surface area contributed by atoms with Crippen LogP contribution in [0.2, 0.25) is 5.02 Å². The third kappa shape index (κ3) is 2.68. The Bertz CT molecular complexity index is 807. The topological polar surface area (TPSA) is 48.1 Å². The maximum absolute atomic E-state index is 13.2. The molecule has 1 heterocycles. The van der Waals surface area contributed by atoms with Crippen LogP contribution in [-0.4, -0.2) is 4.98 Å². The van der Waals surface area contributed by atoms with Crippen molar-refractivity contribution in [2.45, 2.75) is 6.54 Å². The summed E-state index contributed by atoms with van der Waals surface area (Å²) < 4.78 is 19.1. The van der Waals surface area contributed by atoms with Gasteiger partial charge in [-0.3, -0.25) is 4.98 Å². The van der Waals surface area contributed by atoms with Gasteiger partial charge in [0.05, 0.1) is 10.5 Å². The molecule has 0 bridgehead atoms. The molecule has 0 radical (unpaired) electrons. The number of para-hydroxylation sites is 1. The first-order chi connectivity index (χ1) is 10.2. The molecule has 0 aliphatic heterocycles. The molecule has 0 unspecified atom stereocenters. The number of hydrogen-bond acceptors (Lipinski definition) is 3. The zero-order chi connectivity index (χ0) is 14.8. The fourth-order valence-corrected chi connectivity index (χ4v) is 2.25. The van der Waals surface area contributed by atoms with Crippen LogP contribution >= 0.6 is 11.6 Å². The smallest absolute Gasteiger partial charge is 0.142 e. The summed E-state index contributed by atoms with van der Waals surface area (Å²) in [6.07, 6.45) is 1.68. The molecule has 5 heteroatoms. The molecule has 0 atom stereocenters. The Labute approximate surface area is 126 Å². The fraction of sp³-hybridized carbons (Fsp3) is 0.0625. The van der Waals surface area contributed by atoms with Crippen LogP contribution in [0.25, 0.3) is 10.9 Å². The first-order valence-corrected chi connectivity index (χ1v) is 6.76. The van der Waals surface area contributed by atoms with Crippen LogP contribution in [0.1, 0.15) is 5.56 Å². The number of nitrogens with two attached hydrogens (primary N) is 1. The van der Waals surface area contributed by atoms with Crippen molar-refractivity contribution in [3.05, 3.63) is 65.1 Å². The van der Waals surface area contributed by atoms with Gasteiger partial charge in [0.2, 0.25) is 0 Å². The van der Waals surface area contributed by atoms with Gasteiger partial charge in [-0.2, -0.15) is 0 Å². The van der Waals surface area contributed by atoms with Crippen LogP contribution in [0.3, 0.4) is 0 Å². The van der Waals surface area contributed by atoms with E-state index in [-0.39, 0.29) is 5.02 Å². The Morgan fingerprint density at radius 1 is 1.19 bits per heavy atom. The number of ether oxygens (including phenoxy) is 1. The van der Waals surface area contributed by atoms with Crippen molar-refractivity contribution in [1.82, 2.24) is 4.98 Å². The lowest BCUT2D eigenvalue weighted by Crippen LogP contribution is -2.01. The Morgan fingerprint density at radius 3 is 2.76 bits per heavy atom. The van der Waals surface area contributed by atoms with Crippen LogP contribution in [0.4, 0.5) is 4.39 Å². The highest BCUT2D eigenvalue weighted by atomic mass is 35.5. The molecule has 0 saturated heterocycles. The van der Waals surface area contributed by atoms with Crippen molar-refractivity contribution < 1.29 is 9.13 Å². The van der Waals surface area contributed by atoms with Gasteiger partial charge in [-0.25, -0.2) is 4.39 Å². The molecular formula is C16H12ClFN2O. The molecule has 3 aromatic rings. The van der Waals surface area contributed by atoms with E-state index in [0.717, 1.165) is 16.5 Å². The number of halogens is 2. The van der Waals surface area contributed by atoms with Gasteiger partial charge < -0.3 is 10.5 Å². The Balaban J connectivity index is 2.11. The quantitative estimate of drug-likeness (QED) is 0.785. The molecule has 3 rings (SSSR count). The second-order valence-corrected chi connectivity index (χ2v) is 4.92. The maximum atomic E-state index is 13.2. The second-order valence-electron chi connectivity index (χ2n) is 4.51. The molecule has 0 saturated carbocycles. The summed E-state index contributed by atoms with van der Waals surface area (Å²) >= 11 is 5.78. The number of pyridine rings is 1. The zero-order valence-electron chi connectivity index (χ0n) is 11.0. The minimum Gasteiger partial charge on any atom is -0.456 e. The zero-order valence-corrected chi connectivity index (χ0v) is 11.8. The van der Waals surface area contributed by atoms with E-state index in [1.54, 1.807) is 6.20 Å². The molecule has 106 valence electrons. The SMILES string of the molecule is NCc1cnc2ccccc2c1Oc1ccc(F)c(Cl)c1. The van der Waals surface area contributed by atoms with Gasteiger partial charge in [0.1, 0.15) is 17.3 Å². The molecule has 3 nitrogen and oxygen atoms in total. The molecule has 2 aromatic carbocycles. The van der Waals surface area contributed by atoms with Crippen LogP contribution in [0.15, 0.2) is 48.7 Å². The standard InChI is InChI=1S/C16H12ClFN2O/c17-13-7-11(5-6-14(13)18)21-16-10(8-19)9-20-15-4-2-1-3-12(15)16/h1-7,9H,8,19H2. The predicted octanol–water partition coefficient (Wildman–Crippen LogP) is 4.28. The van der Waals surface area contributed by atoms with E-state index in [1.807, 2.05) is 24.3 Å². The lowest BCUT2D eigenvalue weighted by molar-refractivity contribution is 0.479.